The first kappa shape index (κ1) is 15.6. The number of carboxylic acid groups (broad SMARTS) is 1. The molecular formula is C13H15FN2O4. The van der Waals surface area contributed by atoms with E-state index >= 15 is 0 Å². The first-order valence-corrected chi connectivity index (χ1v) is 6.02. The van der Waals surface area contributed by atoms with Crippen LogP contribution in [-0.4, -0.2) is 36.0 Å². The molecule has 0 aliphatic rings. The number of hydrogen-bond donors (Lipinski definition) is 3. The van der Waals surface area contributed by atoms with E-state index in [2.05, 4.69) is 10.6 Å². The molecule has 1 aromatic carbocycles. The van der Waals surface area contributed by atoms with E-state index in [9.17, 15) is 18.8 Å². The third-order valence-electron chi connectivity index (χ3n) is 2.42. The van der Waals surface area contributed by atoms with Gasteiger partial charge in [0.15, 0.2) is 0 Å². The zero-order valence-corrected chi connectivity index (χ0v) is 10.7. The first-order valence-electron chi connectivity index (χ1n) is 6.02. The summed E-state index contributed by atoms with van der Waals surface area (Å²) in [6.45, 7) is -0.0824. The van der Waals surface area contributed by atoms with Crippen LogP contribution in [0.1, 0.15) is 23.2 Å². The smallest absolute Gasteiger partial charge is 0.303 e. The van der Waals surface area contributed by atoms with Gasteiger partial charge in [-0.1, -0.05) is 12.1 Å². The molecule has 7 heteroatoms. The van der Waals surface area contributed by atoms with Crippen LogP contribution in [0.3, 0.4) is 0 Å². The summed E-state index contributed by atoms with van der Waals surface area (Å²) in [5, 5.41) is 13.1. The molecule has 0 radical (unpaired) electrons. The van der Waals surface area contributed by atoms with Crippen LogP contribution in [-0.2, 0) is 9.59 Å². The summed E-state index contributed by atoms with van der Waals surface area (Å²) in [5.41, 5.74) is -0.133. The molecule has 1 aromatic rings. The van der Waals surface area contributed by atoms with Crippen molar-refractivity contribution < 1.29 is 23.9 Å². The normalized spacial score (nSPS) is 9.85. The van der Waals surface area contributed by atoms with Gasteiger partial charge in [-0.05, 0) is 18.6 Å². The van der Waals surface area contributed by atoms with Crippen LogP contribution in [0.2, 0.25) is 0 Å². The Labute approximate surface area is 115 Å². The second-order valence-corrected chi connectivity index (χ2v) is 4.01. The summed E-state index contributed by atoms with van der Waals surface area (Å²) in [6.07, 6.45) is 0.268. The maximum Gasteiger partial charge on any atom is 0.303 e. The van der Waals surface area contributed by atoms with Gasteiger partial charge < -0.3 is 15.7 Å². The van der Waals surface area contributed by atoms with Crippen LogP contribution in [0.15, 0.2) is 24.3 Å². The molecule has 108 valence electrons. The highest BCUT2D eigenvalue weighted by molar-refractivity contribution is 5.96. The Bertz CT molecular complexity index is 505. The van der Waals surface area contributed by atoms with E-state index in [1.54, 1.807) is 0 Å². The molecule has 0 spiro atoms. The molecule has 6 nitrogen and oxygen atoms in total. The largest absolute Gasteiger partial charge is 0.481 e. The number of carbonyl (C=O) groups excluding carboxylic acids is 2. The van der Waals surface area contributed by atoms with Gasteiger partial charge in [0.2, 0.25) is 5.91 Å². The summed E-state index contributed by atoms with van der Waals surface area (Å²) in [4.78, 5) is 33.2. The van der Waals surface area contributed by atoms with Crippen molar-refractivity contribution in [3.63, 3.8) is 0 Å². The maximum atomic E-state index is 13.3. The van der Waals surface area contributed by atoms with Crippen molar-refractivity contribution in [3.05, 3.63) is 35.6 Å². The third kappa shape index (κ3) is 5.47. The highest BCUT2D eigenvalue weighted by atomic mass is 19.1. The molecule has 0 unspecified atom stereocenters. The molecule has 0 aliphatic carbocycles. The van der Waals surface area contributed by atoms with Gasteiger partial charge in [0.25, 0.3) is 5.91 Å². The molecule has 0 aliphatic heterocycles. The minimum absolute atomic E-state index is 0.0398. The standard InChI is InChI=1S/C13H15FN2O4/c14-10-5-2-1-4-9(10)13(20)16-8-11(17)15-7-3-6-12(18)19/h1-2,4-5H,3,6-8H2,(H,15,17)(H,16,20)(H,18,19). The average molecular weight is 282 g/mol. The van der Waals surface area contributed by atoms with Gasteiger partial charge in [-0.3, -0.25) is 14.4 Å². The fourth-order valence-electron chi connectivity index (χ4n) is 1.43. The van der Waals surface area contributed by atoms with E-state index < -0.39 is 23.6 Å². The van der Waals surface area contributed by atoms with E-state index in [-0.39, 0.29) is 25.1 Å². The zero-order chi connectivity index (χ0) is 15.0. The first-order chi connectivity index (χ1) is 9.50. The minimum Gasteiger partial charge on any atom is -0.481 e. The summed E-state index contributed by atoms with van der Waals surface area (Å²) in [6, 6.07) is 5.45. The maximum absolute atomic E-state index is 13.3. The number of carboxylic acids is 1. The van der Waals surface area contributed by atoms with E-state index in [4.69, 9.17) is 5.11 Å². The average Bonchev–Trinajstić information content (AvgIpc) is 2.41. The molecule has 0 atom stereocenters. The number of benzene rings is 1. The van der Waals surface area contributed by atoms with Gasteiger partial charge in [-0.25, -0.2) is 4.39 Å². The summed E-state index contributed by atoms with van der Waals surface area (Å²) >= 11 is 0. The lowest BCUT2D eigenvalue weighted by molar-refractivity contribution is -0.137. The van der Waals surface area contributed by atoms with Crippen molar-refractivity contribution in [3.8, 4) is 0 Å². The number of carbonyl (C=O) groups is 3. The molecule has 0 saturated heterocycles. The Kier molecular flexibility index (Phi) is 6.15. The predicted molar refractivity (Wildman–Crippen MR) is 68.6 cm³/mol. The van der Waals surface area contributed by atoms with Crippen molar-refractivity contribution in [2.45, 2.75) is 12.8 Å². The second-order valence-electron chi connectivity index (χ2n) is 4.01. The minimum atomic E-state index is -0.938. The van der Waals surface area contributed by atoms with E-state index in [1.165, 1.54) is 18.2 Å². The van der Waals surface area contributed by atoms with Gasteiger partial charge in [0.05, 0.1) is 12.1 Å². The van der Waals surface area contributed by atoms with Gasteiger partial charge in [-0.2, -0.15) is 0 Å². The van der Waals surface area contributed by atoms with Crippen molar-refractivity contribution in [1.82, 2.24) is 10.6 Å². The van der Waals surface area contributed by atoms with Crippen molar-refractivity contribution >= 4 is 17.8 Å². The van der Waals surface area contributed by atoms with Gasteiger partial charge in [-0.15, -0.1) is 0 Å². The number of amides is 2. The highest BCUT2D eigenvalue weighted by Gasteiger charge is 2.11. The van der Waals surface area contributed by atoms with Crippen molar-refractivity contribution in [2.75, 3.05) is 13.1 Å². The monoisotopic (exact) mass is 282 g/mol. The Morgan fingerprint density at radius 2 is 1.85 bits per heavy atom. The van der Waals surface area contributed by atoms with Crippen molar-refractivity contribution in [1.29, 1.82) is 0 Å². The van der Waals surface area contributed by atoms with Crippen LogP contribution >= 0.6 is 0 Å². The van der Waals surface area contributed by atoms with Crippen LogP contribution in [0.4, 0.5) is 4.39 Å². The lowest BCUT2D eigenvalue weighted by Gasteiger charge is -2.07. The van der Waals surface area contributed by atoms with E-state index in [0.717, 1.165) is 6.07 Å². The number of rotatable bonds is 7. The Morgan fingerprint density at radius 3 is 2.50 bits per heavy atom. The highest BCUT2D eigenvalue weighted by Crippen LogP contribution is 2.05. The number of hydrogen-bond acceptors (Lipinski definition) is 3. The molecule has 1 rings (SSSR count). The fraction of sp³-hybridized carbons (Fsp3) is 0.308. The van der Waals surface area contributed by atoms with Crippen LogP contribution < -0.4 is 10.6 Å². The van der Waals surface area contributed by atoms with Crippen molar-refractivity contribution in [2.24, 2.45) is 0 Å². The quantitative estimate of drug-likeness (QED) is 0.636. The molecule has 0 saturated carbocycles. The van der Waals surface area contributed by atoms with E-state index in [1.807, 2.05) is 0 Å². The topological polar surface area (TPSA) is 95.5 Å². The van der Waals surface area contributed by atoms with Gasteiger partial charge >= 0.3 is 5.97 Å². The molecule has 0 heterocycles. The van der Waals surface area contributed by atoms with Crippen LogP contribution in [0.5, 0.6) is 0 Å². The van der Waals surface area contributed by atoms with E-state index in [0.29, 0.717) is 6.42 Å². The Morgan fingerprint density at radius 1 is 1.15 bits per heavy atom. The molecule has 0 bridgehead atoms. The van der Waals surface area contributed by atoms with Crippen LogP contribution in [0.25, 0.3) is 0 Å². The molecule has 20 heavy (non-hydrogen) atoms. The molecular weight excluding hydrogens is 267 g/mol. The van der Waals surface area contributed by atoms with Gasteiger partial charge in [0.1, 0.15) is 5.82 Å². The number of nitrogens with one attached hydrogen (secondary N) is 2. The van der Waals surface area contributed by atoms with Gasteiger partial charge in [0, 0.05) is 13.0 Å². The molecule has 0 fully saturated rings. The lowest BCUT2D eigenvalue weighted by atomic mass is 10.2. The molecule has 2 amide bonds. The lowest BCUT2D eigenvalue weighted by Crippen LogP contribution is -2.37. The summed E-state index contributed by atoms with van der Waals surface area (Å²) in [7, 11) is 0. The number of halogens is 1. The summed E-state index contributed by atoms with van der Waals surface area (Å²) in [5.74, 6) is -2.73. The summed E-state index contributed by atoms with van der Waals surface area (Å²) < 4.78 is 13.3. The van der Waals surface area contributed by atoms with Crippen LogP contribution in [0, 0.1) is 5.82 Å². The molecule has 3 N–H and O–H groups in total. The zero-order valence-electron chi connectivity index (χ0n) is 10.7. The SMILES string of the molecule is O=C(O)CCCNC(=O)CNC(=O)c1ccccc1F. The Balaban J connectivity index is 2.29. The predicted octanol–water partition coefficient (Wildman–Crippen LogP) is 0.537. The second kappa shape index (κ2) is 7.88. The molecule has 0 aromatic heterocycles. The number of aliphatic carboxylic acids is 1. The third-order valence-corrected chi connectivity index (χ3v) is 2.42. The Hall–Kier alpha value is -2.44. The fourth-order valence-corrected chi connectivity index (χ4v) is 1.43.